The van der Waals surface area contributed by atoms with Gasteiger partial charge in [-0.3, -0.25) is 4.79 Å². The fourth-order valence-electron chi connectivity index (χ4n) is 2.84. The maximum atomic E-state index is 12.4. The molecular weight excluding hydrogens is 262 g/mol. The average Bonchev–Trinajstić information content (AvgIpc) is 2.37. The molecule has 1 rings (SSSR count). The van der Waals surface area contributed by atoms with E-state index in [0.29, 0.717) is 18.9 Å². The number of hydrogen-bond acceptors (Lipinski definition) is 4. The van der Waals surface area contributed by atoms with E-state index in [0.717, 1.165) is 25.7 Å². The molecule has 1 saturated carbocycles. The number of ketones is 1. The van der Waals surface area contributed by atoms with Crippen molar-refractivity contribution in [3.8, 4) is 0 Å². The highest BCUT2D eigenvalue weighted by atomic mass is 32.2. The van der Waals surface area contributed by atoms with Crippen molar-refractivity contribution >= 4 is 15.6 Å². The fraction of sp³-hybridized carbons (Fsp3) is 0.929. The van der Waals surface area contributed by atoms with Gasteiger partial charge in [0.1, 0.15) is 5.78 Å². The van der Waals surface area contributed by atoms with Crippen LogP contribution in [-0.2, 0) is 14.6 Å². The Morgan fingerprint density at radius 3 is 2.32 bits per heavy atom. The lowest BCUT2D eigenvalue weighted by molar-refractivity contribution is -0.130. The van der Waals surface area contributed by atoms with E-state index in [4.69, 9.17) is 5.73 Å². The van der Waals surface area contributed by atoms with Gasteiger partial charge in [0.25, 0.3) is 0 Å². The number of hydrogen-bond donors (Lipinski definition) is 1. The number of carbonyl (C=O) groups excluding carboxylic acids is 1. The van der Waals surface area contributed by atoms with Crippen molar-refractivity contribution in [2.75, 3.05) is 18.1 Å². The second-order valence-electron chi connectivity index (χ2n) is 5.99. The molecule has 0 aliphatic heterocycles. The summed E-state index contributed by atoms with van der Waals surface area (Å²) in [5.74, 6) is 0.863. The molecule has 0 aromatic rings. The third-order valence-corrected chi connectivity index (χ3v) is 6.23. The first-order valence-electron chi connectivity index (χ1n) is 7.29. The molecule has 1 fully saturated rings. The van der Waals surface area contributed by atoms with Gasteiger partial charge >= 0.3 is 0 Å². The molecule has 19 heavy (non-hydrogen) atoms. The molecule has 0 saturated heterocycles. The van der Waals surface area contributed by atoms with E-state index in [-0.39, 0.29) is 23.7 Å². The molecule has 112 valence electrons. The molecule has 0 unspecified atom stereocenters. The van der Waals surface area contributed by atoms with E-state index in [1.165, 1.54) is 0 Å². The Morgan fingerprint density at radius 2 is 1.84 bits per heavy atom. The average molecular weight is 289 g/mol. The van der Waals surface area contributed by atoms with Crippen LogP contribution in [0.3, 0.4) is 0 Å². The Kier molecular flexibility index (Phi) is 5.99. The standard InChI is InChI=1S/C14H27NO3S/c1-3-9-19(17,18)10-6-13(16)14(11-15)7-4-12(2)5-8-14/h12H,3-11,15H2,1-2H3. The molecule has 0 atom stereocenters. The lowest BCUT2D eigenvalue weighted by Crippen LogP contribution is -2.42. The molecule has 0 aromatic heterocycles. The van der Waals surface area contributed by atoms with Crippen LogP contribution in [0.5, 0.6) is 0 Å². The minimum absolute atomic E-state index is 0.0169. The van der Waals surface area contributed by atoms with E-state index in [1.54, 1.807) is 0 Å². The first kappa shape index (κ1) is 16.6. The van der Waals surface area contributed by atoms with E-state index in [9.17, 15) is 13.2 Å². The highest BCUT2D eigenvalue weighted by molar-refractivity contribution is 7.91. The first-order chi connectivity index (χ1) is 8.85. The molecule has 1 aliphatic carbocycles. The predicted octanol–water partition coefficient (Wildman–Crippen LogP) is 1.93. The summed E-state index contributed by atoms with van der Waals surface area (Å²) in [6, 6.07) is 0. The normalized spacial score (nSPS) is 28.3. The van der Waals surface area contributed by atoms with E-state index in [1.807, 2.05) is 6.92 Å². The van der Waals surface area contributed by atoms with Crippen molar-refractivity contribution in [1.29, 1.82) is 0 Å². The van der Waals surface area contributed by atoms with Crippen LogP contribution in [0.4, 0.5) is 0 Å². The van der Waals surface area contributed by atoms with Crippen LogP contribution in [0.1, 0.15) is 52.4 Å². The molecule has 0 spiro atoms. The van der Waals surface area contributed by atoms with Crippen molar-refractivity contribution in [1.82, 2.24) is 0 Å². The number of carbonyl (C=O) groups is 1. The van der Waals surface area contributed by atoms with Crippen molar-refractivity contribution < 1.29 is 13.2 Å². The van der Waals surface area contributed by atoms with Crippen LogP contribution >= 0.6 is 0 Å². The molecular formula is C14H27NO3S. The SMILES string of the molecule is CCCS(=O)(=O)CCC(=O)C1(CN)CCC(C)CC1. The van der Waals surface area contributed by atoms with Gasteiger partial charge in [0.05, 0.1) is 5.75 Å². The van der Waals surface area contributed by atoms with E-state index in [2.05, 4.69) is 6.92 Å². The molecule has 2 N–H and O–H groups in total. The highest BCUT2D eigenvalue weighted by Gasteiger charge is 2.39. The summed E-state index contributed by atoms with van der Waals surface area (Å²) >= 11 is 0. The largest absolute Gasteiger partial charge is 0.329 e. The molecule has 5 heteroatoms. The molecule has 0 aromatic carbocycles. The summed E-state index contributed by atoms with van der Waals surface area (Å²) in [5.41, 5.74) is 5.36. The molecule has 0 radical (unpaired) electrons. The Morgan fingerprint density at radius 1 is 1.26 bits per heavy atom. The maximum Gasteiger partial charge on any atom is 0.150 e. The van der Waals surface area contributed by atoms with Gasteiger partial charge in [0.2, 0.25) is 0 Å². The molecule has 0 bridgehead atoms. The van der Waals surface area contributed by atoms with Gasteiger partial charge < -0.3 is 5.73 Å². The Labute approximate surface area is 117 Å². The summed E-state index contributed by atoms with van der Waals surface area (Å²) in [5, 5.41) is 0. The molecule has 0 heterocycles. The summed E-state index contributed by atoms with van der Waals surface area (Å²) in [4.78, 5) is 12.4. The Bertz CT molecular complexity index is 395. The van der Waals surface area contributed by atoms with Crippen LogP contribution in [0.2, 0.25) is 0 Å². The second kappa shape index (κ2) is 6.84. The zero-order valence-electron chi connectivity index (χ0n) is 12.2. The maximum absolute atomic E-state index is 12.4. The van der Waals surface area contributed by atoms with Crippen molar-refractivity contribution in [3.05, 3.63) is 0 Å². The van der Waals surface area contributed by atoms with Crippen molar-refractivity contribution in [2.24, 2.45) is 17.1 Å². The topological polar surface area (TPSA) is 77.2 Å². The molecule has 4 nitrogen and oxygen atoms in total. The number of sulfone groups is 1. The lowest BCUT2D eigenvalue weighted by atomic mass is 9.68. The van der Waals surface area contributed by atoms with E-state index >= 15 is 0 Å². The second-order valence-corrected chi connectivity index (χ2v) is 8.30. The van der Waals surface area contributed by atoms with Gasteiger partial charge in [0.15, 0.2) is 9.84 Å². The van der Waals surface area contributed by atoms with Crippen LogP contribution in [0, 0.1) is 11.3 Å². The lowest BCUT2D eigenvalue weighted by Gasteiger charge is -2.37. The van der Waals surface area contributed by atoms with Crippen LogP contribution in [-0.4, -0.2) is 32.3 Å². The predicted molar refractivity (Wildman–Crippen MR) is 77.7 cm³/mol. The minimum Gasteiger partial charge on any atom is -0.329 e. The van der Waals surface area contributed by atoms with Gasteiger partial charge in [-0.2, -0.15) is 0 Å². The number of rotatable bonds is 7. The van der Waals surface area contributed by atoms with Gasteiger partial charge in [-0.05, 0) is 38.0 Å². The van der Waals surface area contributed by atoms with Crippen LogP contribution < -0.4 is 5.73 Å². The Hall–Kier alpha value is -0.420. The molecule has 0 amide bonds. The van der Waals surface area contributed by atoms with E-state index < -0.39 is 15.3 Å². The quantitative estimate of drug-likeness (QED) is 0.777. The monoisotopic (exact) mass is 289 g/mol. The minimum atomic E-state index is -3.07. The zero-order chi connectivity index (χ0) is 14.5. The zero-order valence-corrected chi connectivity index (χ0v) is 13.0. The summed E-state index contributed by atoms with van der Waals surface area (Å²) in [6.07, 6.45) is 4.41. The van der Waals surface area contributed by atoms with Crippen LogP contribution in [0.15, 0.2) is 0 Å². The third-order valence-electron chi connectivity index (χ3n) is 4.37. The summed E-state index contributed by atoms with van der Waals surface area (Å²) < 4.78 is 23.4. The summed E-state index contributed by atoms with van der Waals surface area (Å²) in [6.45, 7) is 4.38. The van der Waals surface area contributed by atoms with Gasteiger partial charge in [0, 0.05) is 24.1 Å². The van der Waals surface area contributed by atoms with Gasteiger partial charge in [-0.25, -0.2) is 8.42 Å². The third kappa shape index (κ3) is 4.56. The van der Waals surface area contributed by atoms with Gasteiger partial charge in [-0.1, -0.05) is 13.8 Å². The fourth-order valence-corrected chi connectivity index (χ4v) is 4.16. The summed E-state index contributed by atoms with van der Waals surface area (Å²) in [7, 11) is -3.07. The first-order valence-corrected chi connectivity index (χ1v) is 9.11. The molecule has 1 aliphatic rings. The number of nitrogens with two attached hydrogens (primary N) is 1. The Balaban J connectivity index is 2.60. The van der Waals surface area contributed by atoms with Crippen LogP contribution in [0.25, 0.3) is 0 Å². The van der Waals surface area contributed by atoms with Crippen molar-refractivity contribution in [3.63, 3.8) is 0 Å². The van der Waals surface area contributed by atoms with Crippen molar-refractivity contribution in [2.45, 2.75) is 52.4 Å². The smallest absolute Gasteiger partial charge is 0.150 e. The number of Topliss-reactive ketones (excluding diaryl/α,β-unsaturated/α-hetero) is 1. The highest BCUT2D eigenvalue weighted by Crippen LogP contribution is 2.39. The van der Waals surface area contributed by atoms with Gasteiger partial charge in [-0.15, -0.1) is 0 Å².